The van der Waals surface area contributed by atoms with Crippen molar-refractivity contribution in [3.8, 4) is 0 Å². The van der Waals surface area contributed by atoms with Crippen LogP contribution in [0.1, 0.15) is 9.67 Å². The predicted octanol–water partition coefficient (Wildman–Crippen LogP) is 3.70. The molecule has 102 valence electrons. The minimum atomic E-state index is -0.269. The van der Waals surface area contributed by atoms with Gasteiger partial charge in [-0.2, -0.15) is 0 Å². The summed E-state index contributed by atoms with van der Waals surface area (Å²) in [6.07, 6.45) is 0. The van der Waals surface area contributed by atoms with Gasteiger partial charge < -0.3 is 15.3 Å². The van der Waals surface area contributed by atoms with Crippen molar-refractivity contribution in [3.05, 3.63) is 47.9 Å². The van der Waals surface area contributed by atoms with Gasteiger partial charge in [0.1, 0.15) is 0 Å². The van der Waals surface area contributed by atoms with Crippen LogP contribution < -0.4 is 11.0 Å². The molecular formula is C12H7Br2N3O2S. The van der Waals surface area contributed by atoms with Gasteiger partial charge in [0.05, 0.1) is 19.7 Å². The number of aromatic amines is 2. The monoisotopic (exact) mass is 415 g/mol. The number of fused-ring (bicyclic) bond motifs is 1. The molecule has 1 aromatic carbocycles. The number of nitrogens with one attached hydrogen (secondary N) is 3. The van der Waals surface area contributed by atoms with E-state index >= 15 is 0 Å². The Labute approximate surface area is 133 Å². The van der Waals surface area contributed by atoms with Crippen LogP contribution in [0.5, 0.6) is 0 Å². The lowest BCUT2D eigenvalue weighted by Gasteiger charge is -2.03. The molecule has 5 nitrogen and oxygen atoms in total. The Balaban J connectivity index is 1.88. The Hall–Kier alpha value is -1.38. The van der Waals surface area contributed by atoms with Crippen LogP contribution in [0.2, 0.25) is 0 Å². The highest BCUT2D eigenvalue weighted by atomic mass is 79.9. The predicted molar refractivity (Wildman–Crippen MR) is 86.6 cm³/mol. The first kappa shape index (κ1) is 13.6. The fourth-order valence-corrected chi connectivity index (χ4v) is 3.69. The number of halogens is 2. The normalized spacial score (nSPS) is 10.9. The smallest absolute Gasteiger partial charge is 0.321 e. The number of H-pyrrole nitrogens is 2. The Morgan fingerprint density at radius 1 is 1.15 bits per heavy atom. The highest BCUT2D eigenvalue weighted by molar-refractivity contribution is 9.13. The molecule has 0 atom stereocenters. The van der Waals surface area contributed by atoms with Gasteiger partial charge in [0.15, 0.2) is 0 Å². The number of carbonyl (C=O) groups is 1. The highest BCUT2D eigenvalue weighted by Crippen LogP contribution is 2.32. The molecule has 0 unspecified atom stereocenters. The molecule has 20 heavy (non-hydrogen) atoms. The van der Waals surface area contributed by atoms with Crippen LogP contribution >= 0.6 is 43.2 Å². The van der Waals surface area contributed by atoms with Crippen molar-refractivity contribution in [2.75, 3.05) is 5.32 Å². The van der Waals surface area contributed by atoms with Gasteiger partial charge in [0, 0.05) is 10.2 Å². The first-order valence-corrected chi connectivity index (χ1v) is 7.91. The average Bonchev–Trinajstić information content (AvgIpc) is 2.91. The van der Waals surface area contributed by atoms with Gasteiger partial charge in [-0.05, 0) is 56.1 Å². The Bertz CT molecular complexity index is 846. The summed E-state index contributed by atoms with van der Waals surface area (Å²) in [5.41, 5.74) is 1.71. The summed E-state index contributed by atoms with van der Waals surface area (Å²) in [7, 11) is 0. The van der Waals surface area contributed by atoms with E-state index in [1.165, 1.54) is 11.3 Å². The number of imidazole rings is 1. The van der Waals surface area contributed by atoms with Crippen LogP contribution in [-0.2, 0) is 0 Å². The molecule has 3 aromatic rings. The van der Waals surface area contributed by atoms with Crippen LogP contribution in [0, 0.1) is 0 Å². The van der Waals surface area contributed by atoms with Gasteiger partial charge in [0.2, 0.25) is 0 Å². The first-order chi connectivity index (χ1) is 9.52. The SMILES string of the molecule is O=C(Nc1ccc2[nH]c(=O)[nH]c2c1)c1cc(Br)c(Br)s1. The third-order valence-electron chi connectivity index (χ3n) is 2.64. The molecule has 0 aliphatic carbocycles. The third kappa shape index (κ3) is 2.58. The van der Waals surface area contributed by atoms with E-state index in [1.54, 1.807) is 24.3 Å². The van der Waals surface area contributed by atoms with Gasteiger partial charge in [0.25, 0.3) is 5.91 Å². The number of amides is 1. The quantitative estimate of drug-likeness (QED) is 0.595. The van der Waals surface area contributed by atoms with Crippen molar-refractivity contribution in [1.82, 2.24) is 9.97 Å². The van der Waals surface area contributed by atoms with Gasteiger partial charge in [-0.25, -0.2) is 4.79 Å². The fourth-order valence-electron chi connectivity index (χ4n) is 1.76. The number of hydrogen-bond donors (Lipinski definition) is 3. The van der Waals surface area contributed by atoms with Crippen LogP contribution in [0.15, 0.2) is 37.3 Å². The Morgan fingerprint density at radius 3 is 2.60 bits per heavy atom. The zero-order chi connectivity index (χ0) is 14.3. The van der Waals surface area contributed by atoms with Crippen molar-refractivity contribution in [2.45, 2.75) is 0 Å². The van der Waals surface area contributed by atoms with Crippen molar-refractivity contribution in [2.24, 2.45) is 0 Å². The van der Waals surface area contributed by atoms with Gasteiger partial charge in [-0.3, -0.25) is 4.79 Å². The van der Waals surface area contributed by atoms with Crippen molar-refractivity contribution >= 4 is 65.8 Å². The van der Waals surface area contributed by atoms with Crippen LogP contribution in [0.25, 0.3) is 11.0 Å². The summed E-state index contributed by atoms with van der Waals surface area (Å²) in [5.74, 6) is -0.196. The Kier molecular flexibility index (Phi) is 3.53. The molecule has 3 N–H and O–H groups in total. The number of carbonyl (C=O) groups excluding carboxylic acids is 1. The molecule has 0 fully saturated rings. The second kappa shape index (κ2) is 5.19. The summed E-state index contributed by atoms with van der Waals surface area (Å²) in [6, 6.07) is 6.94. The van der Waals surface area contributed by atoms with E-state index in [0.717, 1.165) is 8.26 Å². The number of benzene rings is 1. The zero-order valence-electron chi connectivity index (χ0n) is 9.79. The summed E-state index contributed by atoms with van der Waals surface area (Å²) >= 11 is 8.04. The number of aromatic nitrogens is 2. The molecule has 0 radical (unpaired) electrons. The molecule has 2 heterocycles. The van der Waals surface area contributed by atoms with Gasteiger partial charge in [-0.15, -0.1) is 11.3 Å². The lowest BCUT2D eigenvalue weighted by molar-refractivity contribution is 0.103. The Morgan fingerprint density at radius 2 is 1.90 bits per heavy atom. The second-order valence-corrected chi connectivity index (χ2v) is 7.25. The third-order valence-corrected chi connectivity index (χ3v) is 5.90. The zero-order valence-corrected chi connectivity index (χ0v) is 13.8. The number of thiophene rings is 1. The van der Waals surface area contributed by atoms with E-state index < -0.39 is 0 Å². The molecule has 0 aliphatic rings. The fraction of sp³-hybridized carbons (Fsp3) is 0. The van der Waals surface area contributed by atoms with Crippen LogP contribution in [-0.4, -0.2) is 15.9 Å². The maximum atomic E-state index is 12.1. The molecule has 0 spiro atoms. The summed E-state index contributed by atoms with van der Waals surface area (Å²) < 4.78 is 1.71. The first-order valence-electron chi connectivity index (χ1n) is 5.51. The van der Waals surface area contributed by atoms with Crippen LogP contribution in [0.3, 0.4) is 0 Å². The lowest BCUT2D eigenvalue weighted by Crippen LogP contribution is -2.09. The van der Waals surface area contributed by atoms with Crippen molar-refractivity contribution in [1.29, 1.82) is 0 Å². The molecule has 2 aromatic heterocycles. The molecule has 0 aliphatic heterocycles. The summed E-state index contributed by atoms with van der Waals surface area (Å²) in [4.78, 5) is 29.2. The number of anilines is 1. The van der Waals surface area contributed by atoms with Gasteiger partial charge >= 0.3 is 5.69 Å². The summed E-state index contributed by atoms with van der Waals surface area (Å²) in [6.45, 7) is 0. The highest BCUT2D eigenvalue weighted by Gasteiger charge is 2.12. The van der Waals surface area contributed by atoms with E-state index in [9.17, 15) is 9.59 Å². The second-order valence-electron chi connectivity index (χ2n) is 4.03. The molecule has 3 rings (SSSR count). The molecule has 0 bridgehead atoms. The van der Waals surface area contributed by atoms with Crippen molar-refractivity contribution in [3.63, 3.8) is 0 Å². The van der Waals surface area contributed by atoms with Crippen molar-refractivity contribution < 1.29 is 4.79 Å². The van der Waals surface area contributed by atoms with E-state index in [-0.39, 0.29) is 11.6 Å². The largest absolute Gasteiger partial charge is 0.323 e. The number of rotatable bonds is 2. The van der Waals surface area contributed by atoms with E-state index in [1.807, 2.05) is 0 Å². The minimum absolute atomic E-state index is 0.196. The van der Waals surface area contributed by atoms with E-state index in [4.69, 9.17) is 0 Å². The summed E-state index contributed by atoms with van der Waals surface area (Å²) in [5, 5.41) is 2.79. The topological polar surface area (TPSA) is 77.8 Å². The lowest BCUT2D eigenvalue weighted by atomic mass is 10.2. The molecule has 8 heteroatoms. The number of hydrogen-bond acceptors (Lipinski definition) is 3. The van der Waals surface area contributed by atoms with Gasteiger partial charge in [-0.1, -0.05) is 0 Å². The minimum Gasteiger partial charge on any atom is -0.321 e. The standard InChI is InChI=1S/C12H7Br2N3O2S/c13-6-4-9(20-10(6)14)11(18)15-5-1-2-7-8(3-5)17-12(19)16-7/h1-4H,(H,15,18)(H2,16,17,19). The maximum Gasteiger partial charge on any atom is 0.323 e. The van der Waals surface area contributed by atoms with E-state index in [0.29, 0.717) is 21.6 Å². The maximum absolute atomic E-state index is 12.1. The van der Waals surface area contributed by atoms with E-state index in [2.05, 4.69) is 47.1 Å². The van der Waals surface area contributed by atoms with Crippen LogP contribution in [0.4, 0.5) is 5.69 Å². The molecular weight excluding hydrogens is 410 g/mol. The average molecular weight is 417 g/mol. The molecule has 0 saturated carbocycles. The molecule has 1 amide bonds. The molecule has 0 saturated heterocycles.